The molecule has 3 rings (SSSR count). The highest BCUT2D eigenvalue weighted by molar-refractivity contribution is 5.80. The Balaban J connectivity index is 0.000000163. The summed E-state index contributed by atoms with van der Waals surface area (Å²) in [6.45, 7) is 3.89. The third-order valence-electron chi connectivity index (χ3n) is 2.90. The molecule has 0 N–H and O–H groups in total. The van der Waals surface area contributed by atoms with Crippen molar-refractivity contribution in [2.75, 3.05) is 0 Å². The van der Waals surface area contributed by atoms with Gasteiger partial charge in [0.25, 0.3) is 0 Å². The maximum atomic E-state index is 11.1. The van der Waals surface area contributed by atoms with Crippen LogP contribution in [0.15, 0.2) is 66.9 Å². The molecule has 2 aromatic carbocycles. The van der Waals surface area contributed by atoms with Crippen molar-refractivity contribution in [2.45, 2.75) is 13.8 Å². The van der Waals surface area contributed by atoms with E-state index in [1.807, 2.05) is 48.5 Å². The van der Waals surface area contributed by atoms with E-state index in [4.69, 9.17) is 0 Å². The zero-order valence-corrected chi connectivity index (χ0v) is 11.2. The number of hydrogen-bond donors (Lipinski definition) is 0. The minimum atomic E-state index is 0.730. The molecule has 1 heterocycles. The summed E-state index contributed by atoms with van der Waals surface area (Å²) in [5.41, 5.74) is 2.05. The number of aromatic nitrogens is 1. The van der Waals surface area contributed by atoms with E-state index in [2.05, 4.69) is 19.1 Å². The van der Waals surface area contributed by atoms with Crippen LogP contribution in [0.2, 0.25) is 0 Å². The Kier molecular flexibility index (Phi) is 4.14. The van der Waals surface area contributed by atoms with E-state index in [1.165, 1.54) is 5.56 Å². The Bertz CT molecular complexity index is 622. The van der Waals surface area contributed by atoms with Gasteiger partial charge in [-0.3, -0.25) is 0 Å². The van der Waals surface area contributed by atoms with Gasteiger partial charge in [-0.15, -0.1) is 0 Å². The maximum Gasteiger partial charge on any atom is 0.190 e. The molecule has 0 fully saturated rings. The van der Waals surface area contributed by atoms with E-state index in [0.29, 0.717) is 0 Å². The number of benzene rings is 2. The molecule has 0 saturated heterocycles. The zero-order chi connectivity index (χ0) is 13.7. The summed E-state index contributed by atoms with van der Waals surface area (Å²) >= 11 is 0. The number of nitrogens with zero attached hydrogens (tertiary/aromatic N) is 1. The predicted molar refractivity (Wildman–Crippen MR) is 78.8 cm³/mol. The van der Waals surface area contributed by atoms with Gasteiger partial charge >= 0.3 is 0 Å². The largest absolute Gasteiger partial charge is 0.618 e. The van der Waals surface area contributed by atoms with Gasteiger partial charge in [-0.05, 0) is 18.4 Å². The lowest BCUT2D eigenvalue weighted by atomic mass is 10.1. The molecule has 0 aliphatic carbocycles. The quantitative estimate of drug-likeness (QED) is 0.441. The summed E-state index contributed by atoms with van der Waals surface area (Å²) in [5, 5.41) is 13.2. The van der Waals surface area contributed by atoms with Gasteiger partial charge in [-0.1, -0.05) is 54.1 Å². The van der Waals surface area contributed by atoms with E-state index >= 15 is 0 Å². The highest BCUT2D eigenvalue weighted by Gasteiger charge is 2.00. The van der Waals surface area contributed by atoms with Gasteiger partial charge in [0.2, 0.25) is 0 Å². The summed E-state index contributed by atoms with van der Waals surface area (Å²) in [6, 6.07) is 20.0. The summed E-state index contributed by atoms with van der Waals surface area (Å²) < 4.78 is 0.891. The number of aryl methyl sites for hydroxylation is 2. The summed E-state index contributed by atoms with van der Waals surface area (Å²) in [7, 11) is 0. The van der Waals surface area contributed by atoms with Gasteiger partial charge in [-0.2, -0.15) is 4.73 Å². The minimum absolute atomic E-state index is 0.730. The fourth-order valence-electron chi connectivity index (χ4n) is 1.81. The fraction of sp³-hybridized carbons (Fsp3) is 0.118. The summed E-state index contributed by atoms with van der Waals surface area (Å²) in [5.74, 6) is 0. The Labute approximate surface area is 113 Å². The third kappa shape index (κ3) is 3.55. The number of fused-ring (bicyclic) bond motifs is 1. The molecule has 96 valence electrons. The Hall–Kier alpha value is -2.35. The fourth-order valence-corrected chi connectivity index (χ4v) is 1.81. The molecule has 19 heavy (non-hydrogen) atoms. The van der Waals surface area contributed by atoms with Crippen LogP contribution in [-0.4, -0.2) is 0 Å². The van der Waals surface area contributed by atoms with Gasteiger partial charge in [0.15, 0.2) is 11.9 Å². The second kappa shape index (κ2) is 6.01. The number of pyridine rings is 1. The molecule has 0 radical (unpaired) electrons. The van der Waals surface area contributed by atoms with Crippen LogP contribution in [0.5, 0.6) is 0 Å². The van der Waals surface area contributed by atoms with Crippen LogP contribution in [0.3, 0.4) is 0 Å². The van der Waals surface area contributed by atoms with Crippen LogP contribution in [-0.2, 0) is 0 Å². The molecule has 0 aliphatic rings. The van der Waals surface area contributed by atoms with E-state index in [-0.39, 0.29) is 0 Å². The first-order chi connectivity index (χ1) is 9.16. The van der Waals surface area contributed by atoms with Crippen LogP contribution < -0.4 is 4.73 Å². The molecule has 0 atom stereocenters. The average Bonchev–Trinajstić information content (AvgIpc) is 2.42. The van der Waals surface area contributed by atoms with Crippen LogP contribution in [0.4, 0.5) is 0 Å². The van der Waals surface area contributed by atoms with E-state index in [0.717, 1.165) is 21.2 Å². The van der Waals surface area contributed by atoms with Gasteiger partial charge in [0, 0.05) is 18.4 Å². The molecule has 2 nitrogen and oxygen atoms in total. The topological polar surface area (TPSA) is 26.9 Å². The summed E-state index contributed by atoms with van der Waals surface area (Å²) in [4.78, 5) is 0. The SMILES string of the molecule is Cc1cc2ccccc2c[n+]1[O-].Cc1ccccc1. The highest BCUT2D eigenvalue weighted by Crippen LogP contribution is 2.11. The second-order valence-corrected chi connectivity index (χ2v) is 4.52. The number of hydrogen-bond acceptors (Lipinski definition) is 1. The first-order valence-electron chi connectivity index (χ1n) is 6.27. The molecular weight excluding hydrogens is 234 g/mol. The maximum absolute atomic E-state index is 11.1. The van der Waals surface area contributed by atoms with Crippen LogP contribution in [0.1, 0.15) is 11.3 Å². The lowest BCUT2D eigenvalue weighted by Crippen LogP contribution is -2.28. The lowest BCUT2D eigenvalue weighted by molar-refractivity contribution is -0.610. The van der Waals surface area contributed by atoms with Crippen molar-refractivity contribution in [3.8, 4) is 0 Å². The van der Waals surface area contributed by atoms with E-state index < -0.39 is 0 Å². The van der Waals surface area contributed by atoms with Crippen LogP contribution in [0, 0.1) is 19.1 Å². The first kappa shape index (κ1) is 13.1. The molecule has 1 aromatic heterocycles. The third-order valence-corrected chi connectivity index (χ3v) is 2.90. The van der Waals surface area contributed by atoms with E-state index in [9.17, 15) is 5.21 Å². The lowest BCUT2D eigenvalue weighted by Gasteiger charge is -2.01. The van der Waals surface area contributed by atoms with Crippen molar-refractivity contribution in [2.24, 2.45) is 0 Å². The first-order valence-corrected chi connectivity index (χ1v) is 6.27. The molecule has 0 saturated carbocycles. The molecule has 0 bridgehead atoms. The van der Waals surface area contributed by atoms with Crippen molar-refractivity contribution >= 4 is 10.8 Å². The standard InChI is InChI=1S/C10H9NO.C7H8/c1-8-6-9-4-2-3-5-10(9)7-11(8)12;1-7-5-3-2-4-6-7/h2-7H,1H3;2-6H,1H3. The molecule has 0 amide bonds. The van der Waals surface area contributed by atoms with Crippen molar-refractivity contribution in [3.05, 3.63) is 83.3 Å². The Morgan fingerprint density at radius 1 is 0.789 bits per heavy atom. The zero-order valence-electron chi connectivity index (χ0n) is 11.2. The van der Waals surface area contributed by atoms with Crippen LogP contribution in [0.25, 0.3) is 10.8 Å². The predicted octanol–water partition coefficient (Wildman–Crippen LogP) is 3.78. The van der Waals surface area contributed by atoms with E-state index in [1.54, 1.807) is 13.1 Å². The van der Waals surface area contributed by atoms with Crippen molar-refractivity contribution < 1.29 is 4.73 Å². The monoisotopic (exact) mass is 251 g/mol. The number of rotatable bonds is 0. The Morgan fingerprint density at radius 2 is 1.37 bits per heavy atom. The Morgan fingerprint density at radius 3 is 1.95 bits per heavy atom. The second-order valence-electron chi connectivity index (χ2n) is 4.52. The minimum Gasteiger partial charge on any atom is -0.618 e. The molecule has 2 heteroatoms. The van der Waals surface area contributed by atoms with Crippen molar-refractivity contribution in [1.82, 2.24) is 0 Å². The van der Waals surface area contributed by atoms with Gasteiger partial charge in [0.1, 0.15) is 0 Å². The molecule has 3 aromatic rings. The van der Waals surface area contributed by atoms with Crippen molar-refractivity contribution in [3.63, 3.8) is 0 Å². The highest BCUT2D eigenvalue weighted by atomic mass is 16.5. The molecule has 0 spiro atoms. The van der Waals surface area contributed by atoms with Crippen molar-refractivity contribution in [1.29, 1.82) is 0 Å². The molecule has 0 unspecified atom stereocenters. The van der Waals surface area contributed by atoms with Gasteiger partial charge in [0.05, 0.1) is 0 Å². The summed E-state index contributed by atoms with van der Waals surface area (Å²) in [6.07, 6.45) is 1.60. The van der Waals surface area contributed by atoms with Gasteiger partial charge in [-0.25, -0.2) is 0 Å². The van der Waals surface area contributed by atoms with Crippen LogP contribution >= 0.6 is 0 Å². The average molecular weight is 251 g/mol. The molecular formula is C17H17NO. The smallest absolute Gasteiger partial charge is 0.190 e. The molecule has 0 aliphatic heterocycles. The normalized spacial score (nSPS) is 9.79. The van der Waals surface area contributed by atoms with Gasteiger partial charge < -0.3 is 5.21 Å².